The Kier molecular flexibility index (Phi) is 4.98. The first-order chi connectivity index (χ1) is 11.7. The molecule has 0 atom stereocenters. The molecule has 0 saturated heterocycles. The molecule has 0 aliphatic carbocycles. The molecule has 0 aliphatic heterocycles. The zero-order valence-electron chi connectivity index (χ0n) is 13.3. The third-order valence-electron chi connectivity index (χ3n) is 3.55. The van der Waals surface area contributed by atoms with E-state index >= 15 is 0 Å². The number of ether oxygens (including phenoxy) is 1. The molecule has 0 unspecified atom stereocenters. The number of fused-ring (bicyclic) bond motifs is 1. The fourth-order valence-electron chi connectivity index (χ4n) is 2.39. The van der Waals surface area contributed by atoms with Gasteiger partial charge in [0.2, 0.25) is 0 Å². The first-order valence-electron chi connectivity index (χ1n) is 7.71. The van der Waals surface area contributed by atoms with E-state index in [1.807, 2.05) is 48.5 Å². The first kappa shape index (κ1) is 16.3. The van der Waals surface area contributed by atoms with Crippen molar-refractivity contribution in [2.75, 3.05) is 17.8 Å². The van der Waals surface area contributed by atoms with Crippen LogP contribution in [0.25, 0.3) is 10.1 Å². The number of rotatable bonds is 6. The maximum Gasteiger partial charge on any atom is 0.350 e. The van der Waals surface area contributed by atoms with E-state index in [2.05, 4.69) is 10.9 Å². The highest BCUT2D eigenvalue weighted by atomic mass is 32.1. The molecule has 1 aromatic heterocycles. The zero-order chi connectivity index (χ0) is 16.9. The summed E-state index contributed by atoms with van der Waals surface area (Å²) >= 11 is 1.37. The molecule has 0 amide bonds. The molecule has 2 aromatic carbocycles. The molecule has 4 N–H and O–H groups in total. The van der Waals surface area contributed by atoms with E-state index in [4.69, 9.17) is 10.5 Å². The molecule has 3 rings (SSSR count). The van der Waals surface area contributed by atoms with Crippen molar-refractivity contribution in [1.82, 2.24) is 5.43 Å². The van der Waals surface area contributed by atoms with E-state index in [0.29, 0.717) is 23.7 Å². The minimum atomic E-state index is -0.360. The van der Waals surface area contributed by atoms with Crippen molar-refractivity contribution in [3.8, 4) is 0 Å². The van der Waals surface area contributed by atoms with Crippen LogP contribution in [0.3, 0.4) is 0 Å². The summed E-state index contributed by atoms with van der Waals surface area (Å²) in [5.41, 5.74) is 15.0. The SMILES string of the molecule is CCOC(=O)c1sc2ccc(CNNc3ccccc3)cc2c1N. The largest absolute Gasteiger partial charge is 0.462 e. The van der Waals surface area contributed by atoms with Gasteiger partial charge in [-0.2, -0.15) is 0 Å². The molecular formula is C18H19N3O2S. The number of para-hydroxylation sites is 1. The van der Waals surface area contributed by atoms with Gasteiger partial charge in [0.25, 0.3) is 0 Å². The average Bonchev–Trinajstić information content (AvgIpc) is 2.93. The fraction of sp³-hybridized carbons (Fsp3) is 0.167. The van der Waals surface area contributed by atoms with Gasteiger partial charge in [0, 0.05) is 22.3 Å². The lowest BCUT2D eigenvalue weighted by molar-refractivity contribution is 0.0533. The lowest BCUT2D eigenvalue weighted by atomic mass is 10.1. The van der Waals surface area contributed by atoms with Gasteiger partial charge in [0.1, 0.15) is 4.88 Å². The van der Waals surface area contributed by atoms with Gasteiger partial charge in [-0.1, -0.05) is 24.3 Å². The number of nitrogens with one attached hydrogen (secondary N) is 2. The lowest BCUT2D eigenvalue weighted by Crippen LogP contribution is -2.20. The summed E-state index contributed by atoms with van der Waals surface area (Å²) in [5, 5.41) is 0.891. The van der Waals surface area contributed by atoms with Crippen LogP contribution in [0.1, 0.15) is 22.2 Å². The predicted octanol–water partition coefficient (Wildman–Crippen LogP) is 3.78. The van der Waals surface area contributed by atoms with Gasteiger partial charge in [-0.25, -0.2) is 10.2 Å². The van der Waals surface area contributed by atoms with Crippen molar-refractivity contribution in [1.29, 1.82) is 0 Å². The molecule has 0 saturated carbocycles. The van der Waals surface area contributed by atoms with Crippen molar-refractivity contribution >= 4 is 38.8 Å². The van der Waals surface area contributed by atoms with Crippen LogP contribution in [0, 0.1) is 0 Å². The second-order valence-corrected chi connectivity index (χ2v) is 6.29. The van der Waals surface area contributed by atoms with E-state index < -0.39 is 0 Å². The van der Waals surface area contributed by atoms with Gasteiger partial charge in [-0.3, -0.25) is 0 Å². The van der Waals surface area contributed by atoms with Gasteiger partial charge in [-0.05, 0) is 36.8 Å². The summed E-state index contributed by atoms with van der Waals surface area (Å²) in [4.78, 5) is 12.4. The summed E-state index contributed by atoms with van der Waals surface area (Å²) in [5.74, 6) is -0.360. The van der Waals surface area contributed by atoms with Gasteiger partial charge >= 0.3 is 5.97 Å². The second kappa shape index (κ2) is 7.33. The van der Waals surface area contributed by atoms with Gasteiger partial charge in [0.05, 0.1) is 12.3 Å². The topological polar surface area (TPSA) is 76.4 Å². The summed E-state index contributed by atoms with van der Waals surface area (Å²) in [6.45, 7) is 2.76. The molecule has 0 aliphatic rings. The molecule has 6 heteroatoms. The number of hydrogen-bond acceptors (Lipinski definition) is 6. The number of benzene rings is 2. The molecule has 24 heavy (non-hydrogen) atoms. The van der Waals surface area contributed by atoms with E-state index in [1.54, 1.807) is 6.92 Å². The fourth-order valence-corrected chi connectivity index (χ4v) is 3.39. The van der Waals surface area contributed by atoms with E-state index in [0.717, 1.165) is 21.3 Å². The average molecular weight is 341 g/mol. The predicted molar refractivity (Wildman–Crippen MR) is 99.1 cm³/mol. The minimum absolute atomic E-state index is 0.340. The van der Waals surface area contributed by atoms with Crippen molar-refractivity contribution in [3.05, 3.63) is 59.0 Å². The summed E-state index contributed by atoms with van der Waals surface area (Å²) in [7, 11) is 0. The third kappa shape index (κ3) is 3.50. The monoisotopic (exact) mass is 341 g/mol. The highest BCUT2D eigenvalue weighted by Gasteiger charge is 2.17. The van der Waals surface area contributed by atoms with Crippen LogP contribution in [0.2, 0.25) is 0 Å². The Hall–Kier alpha value is -2.57. The number of hydrazine groups is 1. The van der Waals surface area contributed by atoms with Crippen LogP contribution >= 0.6 is 11.3 Å². The molecule has 0 fully saturated rings. The number of thiophene rings is 1. The molecule has 1 heterocycles. The number of carbonyl (C=O) groups is 1. The number of carbonyl (C=O) groups excluding carboxylic acids is 1. The van der Waals surface area contributed by atoms with E-state index in [9.17, 15) is 4.79 Å². The Balaban J connectivity index is 1.73. The smallest absolute Gasteiger partial charge is 0.350 e. The number of anilines is 2. The molecule has 5 nitrogen and oxygen atoms in total. The van der Waals surface area contributed by atoms with E-state index in [-0.39, 0.29) is 5.97 Å². The molecule has 3 aromatic rings. The highest BCUT2D eigenvalue weighted by Crippen LogP contribution is 2.34. The highest BCUT2D eigenvalue weighted by molar-refractivity contribution is 7.21. The summed E-state index contributed by atoms with van der Waals surface area (Å²) < 4.78 is 6.03. The molecule has 0 spiro atoms. The lowest BCUT2D eigenvalue weighted by Gasteiger charge is -2.08. The summed E-state index contributed by atoms with van der Waals surface area (Å²) in [6, 6.07) is 15.9. The van der Waals surface area contributed by atoms with Crippen molar-refractivity contribution in [2.45, 2.75) is 13.5 Å². The number of nitrogens with two attached hydrogens (primary N) is 1. The standard InChI is InChI=1S/C18H19N3O2S/c1-2-23-18(22)17-16(19)14-10-12(8-9-15(14)24-17)11-20-21-13-6-4-3-5-7-13/h3-10,20-21H,2,11,19H2,1H3. The molecule has 124 valence electrons. The van der Waals surface area contributed by atoms with Crippen LogP contribution in [0.15, 0.2) is 48.5 Å². The maximum absolute atomic E-state index is 11.9. The van der Waals surface area contributed by atoms with Gasteiger partial charge in [0.15, 0.2) is 0 Å². The quantitative estimate of drug-likeness (QED) is 0.470. The maximum atomic E-state index is 11.9. The number of hydrogen-bond donors (Lipinski definition) is 3. The summed E-state index contributed by atoms with van der Waals surface area (Å²) in [6.07, 6.45) is 0. The zero-order valence-corrected chi connectivity index (χ0v) is 14.2. The molecular weight excluding hydrogens is 322 g/mol. The van der Waals surface area contributed by atoms with Gasteiger partial charge < -0.3 is 15.9 Å². The number of esters is 1. The number of nitrogen functional groups attached to an aromatic ring is 1. The molecule has 0 radical (unpaired) electrons. The Morgan fingerprint density at radius 1 is 1.21 bits per heavy atom. The molecule has 0 bridgehead atoms. The normalized spacial score (nSPS) is 10.7. The van der Waals surface area contributed by atoms with Crippen molar-refractivity contribution in [2.24, 2.45) is 0 Å². The van der Waals surface area contributed by atoms with Crippen LogP contribution in [-0.4, -0.2) is 12.6 Å². The minimum Gasteiger partial charge on any atom is -0.462 e. The van der Waals surface area contributed by atoms with Crippen LogP contribution in [0.4, 0.5) is 11.4 Å². The van der Waals surface area contributed by atoms with Crippen LogP contribution < -0.4 is 16.6 Å². The van der Waals surface area contributed by atoms with Crippen LogP contribution in [-0.2, 0) is 11.3 Å². The van der Waals surface area contributed by atoms with Crippen molar-refractivity contribution in [3.63, 3.8) is 0 Å². The van der Waals surface area contributed by atoms with E-state index in [1.165, 1.54) is 11.3 Å². The van der Waals surface area contributed by atoms with Gasteiger partial charge in [-0.15, -0.1) is 11.3 Å². The second-order valence-electron chi connectivity index (χ2n) is 5.24. The van der Waals surface area contributed by atoms with Crippen LogP contribution in [0.5, 0.6) is 0 Å². The Morgan fingerprint density at radius 3 is 2.75 bits per heavy atom. The Morgan fingerprint density at radius 2 is 2.00 bits per heavy atom. The Labute approximate surface area is 144 Å². The third-order valence-corrected chi connectivity index (χ3v) is 4.72. The Bertz CT molecular complexity index is 846. The first-order valence-corrected chi connectivity index (χ1v) is 8.52. The van der Waals surface area contributed by atoms with Crippen molar-refractivity contribution < 1.29 is 9.53 Å².